The minimum absolute atomic E-state index is 0.0174. The van der Waals surface area contributed by atoms with E-state index in [1.165, 1.54) is 12.3 Å². The highest BCUT2D eigenvalue weighted by molar-refractivity contribution is 5.93. The number of hydrogen-bond acceptors (Lipinski definition) is 3. The number of carbonyl (C=O) groups excluding carboxylic acids is 1. The fourth-order valence-electron chi connectivity index (χ4n) is 2.93. The van der Waals surface area contributed by atoms with Crippen LogP contribution in [0.1, 0.15) is 49.4 Å². The monoisotopic (exact) mass is 291 g/mol. The van der Waals surface area contributed by atoms with Crippen LogP contribution in [0.2, 0.25) is 0 Å². The Bertz CT molecular complexity index is 498. The maximum absolute atomic E-state index is 12.4. The maximum Gasteiger partial charge on any atom is 0.255 e. The summed E-state index contributed by atoms with van der Waals surface area (Å²) < 4.78 is 0. The molecule has 1 fully saturated rings. The molecule has 0 aromatic carbocycles. The Hall–Kier alpha value is -1.62. The second-order valence-corrected chi connectivity index (χ2v) is 5.82. The zero-order chi connectivity index (χ0) is 15.2. The van der Waals surface area contributed by atoms with Gasteiger partial charge in [0.1, 0.15) is 0 Å². The zero-order valence-electron chi connectivity index (χ0n) is 12.9. The van der Waals surface area contributed by atoms with Gasteiger partial charge >= 0.3 is 0 Å². The number of aromatic nitrogens is 1. The molecule has 21 heavy (non-hydrogen) atoms. The zero-order valence-corrected chi connectivity index (χ0v) is 12.9. The molecule has 2 N–H and O–H groups in total. The van der Waals surface area contributed by atoms with E-state index >= 15 is 0 Å². The first-order valence-corrected chi connectivity index (χ1v) is 7.81. The smallest absolute Gasteiger partial charge is 0.255 e. The molecule has 1 aromatic rings. The largest absolute Gasteiger partial charge is 0.339 e. The molecule has 0 spiro atoms. The summed E-state index contributed by atoms with van der Waals surface area (Å²) in [5, 5.41) is 3.55. The third-order valence-electron chi connectivity index (χ3n) is 4.28. The van der Waals surface area contributed by atoms with Crippen LogP contribution in [-0.2, 0) is 0 Å². The van der Waals surface area contributed by atoms with Crippen LogP contribution in [0.4, 0.5) is 0 Å². The van der Waals surface area contributed by atoms with Gasteiger partial charge < -0.3 is 15.2 Å². The van der Waals surface area contributed by atoms with Gasteiger partial charge in [0.25, 0.3) is 5.91 Å². The van der Waals surface area contributed by atoms with E-state index in [-0.39, 0.29) is 11.5 Å². The number of H-pyrrole nitrogens is 1. The summed E-state index contributed by atoms with van der Waals surface area (Å²) in [6.07, 6.45) is 6.96. The van der Waals surface area contributed by atoms with E-state index in [4.69, 9.17) is 0 Å². The highest BCUT2D eigenvalue weighted by Gasteiger charge is 2.26. The summed E-state index contributed by atoms with van der Waals surface area (Å²) >= 11 is 0. The second-order valence-electron chi connectivity index (χ2n) is 5.82. The fraction of sp³-hybridized carbons (Fsp3) is 0.625. The van der Waals surface area contributed by atoms with Crippen LogP contribution < -0.4 is 10.9 Å². The van der Waals surface area contributed by atoms with E-state index in [1.807, 2.05) is 11.9 Å². The first kappa shape index (κ1) is 15.8. The Labute approximate surface area is 125 Å². The predicted molar refractivity (Wildman–Crippen MR) is 83.5 cm³/mol. The summed E-state index contributed by atoms with van der Waals surface area (Å²) in [7, 11) is 1.86. The average Bonchev–Trinajstić information content (AvgIpc) is 2.53. The number of rotatable bonds is 5. The number of nitrogens with one attached hydrogen (secondary N) is 2. The number of nitrogens with zero attached hydrogens (tertiary/aromatic N) is 1. The fourth-order valence-corrected chi connectivity index (χ4v) is 2.93. The molecule has 1 aliphatic carbocycles. The van der Waals surface area contributed by atoms with E-state index in [1.54, 1.807) is 6.07 Å². The molecule has 5 heteroatoms. The van der Waals surface area contributed by atoms with Crippen LogP contribution in [-0.4, -0.2) is 41.5 Å². The lowest BCUT2D eigenvalue weighted by molar-refractivity contribution is 0.0684. The van der Waals surface area contributed by atoms with Gasteiger partial charge in [0.05, 0.1) is 5.56 Å². The second kappa shape index (κ2) is 7.41. The van der Waals surface area contributed by atoms with Crippen LogP contribution in [0.3, 0.4) is 0 Å². The molecule has 0 aliphatic heterocycles. The summed E-state index contributed by atoms with van der Waals surface area (Å²) in [6.45, 7) is 3.25. The quantitative estimate of drug-likeness (QED) is 0.869. The normalized spacial score (nSPS) is 22.0. The molecule has 0 unspecified atom stereocenters. The van der Waals surface area contributed by atoms with Gasteiger partial charge in [0, 0.05) is 31.4 Å². The van der Waals surface area contributed by atoms with Gasteiger partial charge in [-0.25, -0.2) is 0 Å². The van der Waals surface area contributed by atoms with Crippen molar-refractivity contribution in [2.45, 2.75) is 51.1 Å². The number of aromatic amines is 1. The van der Waals surface area contributed by atoms with Crippen LogP contribution >= 0.6 is 0 Å². The Balaban J connectivity index is 1.89. The van der Waals surface area contributed by atoms with E-state index in [2.05, 4.69) is 17.2 Å². The molecule has 1 heterocycles. The van der Waals surface area contributed by atoms with E-state index in [0.29, 0.717) is 17.6 Å². The number of hydrogen-bond donors (Lipinski definition) is 2. The third-order valence-corrected chi connectivity index (χ3v) is 4.28. The van der Waals surface area contributed by atoms with Gasteiger partial charge in [-0.2, -0.15) is 0 Å². The lowest BCUT2D eigenvalue weighted by atomic mass is 9.90. The molecule has 116 valence electrons. The Morgan fingerprint density at radius 3 is 2.62 bits per heavy atom. The summed E-state index contributed by atoms with van der Waals surface area (Å²) in [4.78, 5) is 27.8. The Morgan fingerprint density at radius 1 is 1.33 bits per heavy atom. The first-order chi connectivity index (χ1) is 10.1. The van der Waals surface area contributed by atoms with Gasteiger partial charge in [0.15, 0.2) is 0 Å². The summed E-state index contributed by atoms with van der Waals surface area (Å²) in [6, 6.07) is 3.88. The van der Waals surface area contributed by atoms with Crippen molar-refractivity contribution >= 4 is 5.91 Å². The van der Waals surface area contributed by atoms with Crippen molar-refractivity contribution in [3.63, 3.8) is 0 Å². The van der Waals surface area contributed by atoms with Crippen molar-refractivity contribution in [1.29, 1.82) is 0 Å². The predicted octanol–water partition coefficient (Wildman–Crippen LogP) is 1.76. The standard InChI is InChI=1S/C16H25N3O2/c1-3-10-17-13-5-7-14(8-6-13)19(2)16(21)12-4-9-15(20)18-11-12/h4,9,11,13-14,17H,3,5-8,10H2,1-2H3,(H,18,20). The van der Waals surface area contributed by atoms with Gasteiger partial charge in [-0.1, -0.05) is 6.92 Å². The van der Waals surface area contributed by atoms with Crippen molar-refractivity contribution in [2.75, 3.05) is 13.6 Å². The lowest BCUT2D eigenvalue weighted by Gasteiger charge is -2.35. The van der Waals surface area contributed by atoms with Gasteiger partial charge in [-0.3, -0.25) is 9.59 Å². The highest BCUT2D eigenvalue weighted by atomic mass is 16.2. The van der Waals surface area contributed by atoms with Crippen LogP contribution in [0.5, 0.6) is 0 Å². The molecule has 1 aromatic heterocycles. The van der Waals surface area contributed by atoms with Gasteiger partial charge in [-0.05, 0) is 44.7 Å². The molecule has 1 aliphatic rings. The Morgan fingerprint density at radius 2 is 2.05 bits per heavy atom. The van der Waals surface area contributed by atoms with Crippen LogP contribution in [0, 0.1) is 0 Å². The molecule has 0 bridgehead atoms. The van der Waals surface area contributed by atoms with Crippen molar-refractivity contribution in [2.24, 2.45) is 0 Å². The van der Waals surface area contributed by atoms with Crippen molar-refractivity contribution < 1.29 is 4.79 Å². The summed E-state index contributed by atoms with van der Waals surface area (Å²) in [5.41, 5.74) is 0.361. The van der Waals surface area contributed by atoms with Gasteiger partial charge in [0.2, 0.25) is 5.56 Å². The number of amides is 1. The topological polar surface area (TPSA) is 65.2 Å². The van der Waals surface area contributed by atoms with Crippen LogP contribution in [0.15, 0.2) is 23.1 Å². The molecule has 5 nitrogen and oxygen atoms in total. The molecule has 2 rings (SSSR count). The van der Waals surface area contributed by atoms with Crippen molar-refractivity contribution in [3.05, 3.63) is 34.2 Å². The van der Waals surface area contributed by atoms with Gasteiger partial charge in [-0.15, -0.1) is 0 Å². The van der Waals surface area contributed by atoms with Crippen molar-refractivity contribution in [3.8, 4) is 0 Å². The molecular weight excluding hydrogens is 266 g/mol. The maximum atomic E-state index is 12.4. The molecule has 1 saturated carbocycles. The molecule has 0 atom stereocenters. The number of carbonyl (C=O) groups is 1. The molecular formula is C16H25N3O2. The molecule has 0 radical (unpaired) electrons. The number of pyridine rings is 1. The van der Waals surface area contributed by atoms with E-state index < -0.39 is 0 Å². The van der Waals surface area contributed by atoms with E-state index in [9.17, 15) is 9.59 Å². The lowest BCUT2D eigenvalue weighted by Crippen LogP contribution is -2.43. The minimum Gasteiger partial charge on any atom is -0.339 e. The molecule has 0 saturated heterocycles. The molecule has 1 amide bonds. The van der Waals surface area contributed by atoms with E-state index in [0.717, 1.165) is 38.6 Å². The SMILES string of the molecule is CCCNC1CCC(N(C)C(=O)c2ccc(=O)[nH]c2)CC1. The first-order valence-electron chi connectivity index (χ1n) is 7.81. The average molecular weight is 291 g/mol. The summed E-state index contributed by atoms with van der Waals surface area (Å²) in [5.74, 6) is -0.0174. The third kappa shape index (κ3) is 4.17. The minimum atomic E-state index is -0.184. The van der Waals surface area contributed by atoms with Crippen molar-refractivity contribution in [1.82, 2.24) is 15.2 Å². The van der Waals surface area contributed by atoms with Crippen LogP contribution in [0.25, 0.3) is 0 Å². The highest BCUT2D eigenvalue weighted by Crippen LogP contribution is 2.23. The Kier molecular flexibility index (Phi) is 5.56.